The normalized spacial score (nSPS) is 22.9. The lowest BCUT2D eigenvalue weighted by Gasteiger charge is -2.32. The molecule has 3 unspecified atom stereocenters. The van der Waals surface area contributed by atoms with Crippen molar-refractivity contribution >= 4 is 23.7 Å². The molecule has 1 aromatic carbocycles. The van der Waals surface area contributed by atoms with Crippen LogP contribution in [0.15, 0.2) is 18.2 Å². The third-order valence-corrected chi connectivity index (χ3v) is 4.72. The molecule has 7 heteroatoms. The minimum Gasteiger partial charge on any atom is -0.450 e. The first-order valence-electron chi connectivity index (χ1n) is 7.84. The molecule has 2 rings (SSSR count). The number of carbonyl (C=O) groups is 2. The molecule has 1 amide bonds. The molecule has 1 fully saturated rings. The van der Waals surface area contributed by atoms with Gasteiger partial charge in [0.05, 0.1) is 6.42 Å². The van der Waals surface area contributed by atoms with Crippen LogP contribution in [0.1, 0.15) is 38.7 Å². The van der Waals surface area contributed by atoms with E-state index in [0.29, 0.717) is 16.9 Å². The predicted octanol–water partition coefficient (Wildman–Crippen LogP) is 4.18. The Bertz CT molecular complexity index is 557. The molecule has 5 nitrogen and oxygen atoms in total. The zero-order valence-corrected chi connectivity index (χ0v) is 14.5. The molecule has 1 aliphatic carbocycles. The second-order valence-corrected chi connectivity index (χ2v) is 6.60. The molecule has 0 aliphatic heterocycles. The van der Waals surface area contributed by atoms with E-state index in [4.69, 9.17) is 26.6 Å². The number of rotatable bonds is 3. The Kier molecular flexibility index (Phi) is 7.98. The van der Waals surface area contributed by atoms with Crippen LogP contribution in [0.5, 0.6) is 0 Å². The number of carbonyl (C=O) groups excluding carboxylic acids is 1. The summed E-state index contributed by atoms with van der Waals surface area (Å²) in [6.07, 6.45) is 1.30. The van der Waals surface area contributed by atoms with Crippen molar-refractivity contribution in [2.45, 2.75) is 45.6 Å². The van der Waals surface area contributed by atoms with Crippen molar-refractivity contribution in [2.24, 2.45) is 11.8 Å². The van der Waals surface area contributed by atoms with Crippen molar-refractivity contribution in [1.82, 2.24) is 5.32 Å². The maximum Gasteiger partial charge on any atom is 0.503 e. The van der Waals surface area contributed by atoms with Crippen molar-refractivity contribution in [3.8, 4) is 0 Å². The molecular formula is C17H23ClFNO4. The lowest BCUT2D eigenvalue weighted by molar-refractivity contribution is -0.121. The van der Waals surface area contributed by atoms with Crippen molar-refractivity contribution < 1.29 is 24.2 Å². The number of carboxylic acid groups (broad SMARTS) is 2. The van der Waals surface area contributed by atoms with Crippen LogP contribution in [0.3, 0.4) is 0 Å². The molecule has 1 aromatic rings. The number of nitrogens with one attached hydrogen (secondary N) is 1. The Balaban J connectivity index is 0.000000648. The molecule has 0 radical (unpaired) electrons. The second-order valence-electron chi connectivity index (χ2n) is 6.19. The van der Waals surface area contributed by atoms with Crippen LogP contribution in [-0.2, 0) is 11.2 Å². The van der Waals surface area contributed by atoms with Crippen LogP contribution in [0.2, 0.25) is 5.02 Å². The van der Waals surface area contributed by atoms with E-state index in [0.717, 1.165) is 19.3 Å². The summed E-state index contributed by atoms with van der Waals surface area (Å²) in [4.78, 5) is 20.6. The van der Waals surface area contributed by atoms with Crippen LogP contribution in [0, 0.1) is 17.7 Å². The average molecular weight is 360 g/mol. The Morgan fingerprint density at radius 1 is 1.25 bits per heavy atom. The number of hydrogen-bond donors (Lipinski definition) is 3. The molecular weight excluding hydrogens is 337 g/mol. The van der Waals surface area contributed by atoms with E-state index < -0.39 is 12.0 Å². The first-order valence-corrected chi connectivity index (χ1v) is 8.22. The van der Waals surface area contributed by atoms with Gasteiger partial charge in [-0.25, -0.2) is 9.18 Å². The average Bonchev–Trinajstić information content (AvgIpc) is 2.46. The number of halogens is 2. The highest BCUT2D eigenvalue weighted by atomic mass is 35.5. The first kappa shape index (κ1) is 20.2. The summed E-state index contributed by atoms with van der Waals surface area (Å²) < 4.78 is 13.6. The van der Waals surface area contributed by atoms with Gasteiger partial charge in [0, 0.05) is 16.6 Å². The van der Waals surface area contributed by atoms with E-state index in [1.54, 1.807) is 12.1 Å². The smallest absolute Gasteiger partial charge is 0.450 e. The maximum absolute atomic E-state index is 13.6. The van der Waals surface area contributed by atoms with Crippen LogP contribution < -0.4 is 5.32 Å². The summed E-state index contributed by atoms with van der Waals surface area (Å²) in [7, 11) is 0. The molecule has 0 bridgehead atoms. The van der Waals surface area contributed by atoms with E-state index in [1.807, 2.05) is 0 Å². The standard InChI is InChI=1S/C16H21ClFNO.CH2O3/c1-10-6-7-12(8-11(10)2)19-16(20)9-13-14(17)4-3-5-15(13)18;2-1(3)4/h3-5,10-12H,6-9H2,1-2H3,(H,19,20);(H2,2,3,4). The van der Waals surface area contributed by atoms with Crippen LogP contribution in [0.25, 0.3) is 0 Å². The van der Waals surface area contributed by atoms with Gasteiger partial charge in [-0.3, -0.25) is 4.79 Å². The molecule has 0 aromatic heterocycles. The van der Waals surface area contributed by atoms with E-state index in [9.17, 15) is 9.18 Å². The minimum atomic E-state index is -1.83. The van der Waals surface area contributed by atoms with Gasteiger partial charge in [0.15, 0.2) is 0 Å². The monoisotopic (exact) mass is 359 g/mol. The largest absolute Gasteiger partial charge is 0.503 e. The first-order chi connectivity index (χ1) is 11.2. The summed E-state index contributed by atoms with van der Waals surface area (Å²) in [5, 5.41) is 17.3. The fourth-order valence-electron chi connectivity index (χ4n) is 2.82. The summed E-state index contributed by atoms with van der Waals surface area (Å²) in [5.41, 5.74) is 0.281. The van der Waals surface area contributed by atoms with Crippen LogP contribution in [-0.4, -0.2) is 28.3 Å². The van der Waals surface area contributed by atoms with Gasteiger partial charge in [-0.1, -0.05) is 31.5 Å². The summed E-state index contributed by atoms with van der Waals surface area (Å²) in [6, 6.07) is 4.69. The number of benzene rings is 1. The number of hydrogen-bond acceptors (Lipinski definition) is 2. The van der Waals surface area contributed by atoms with Crippen molar-refractivity contribution in [2.75, 3.05) is 0 Å². The summed E-state index contributed by atoms with van der Waals surface area (Å²) >= 11 is 5.94. The van der Waals surface area contributed by atoms with Crippen LogP contribution in [0.4, 0.5) is 9.18 Å². The van der Waals surface area contributed by atoms with Gasteiger partial charge < -0.3 is 15.5 Å². The highest BCUT2D eigenvalue weighted by molar-refractivity contribution is 6.31. The lowest BCUT2D eigenvalue weighted by Crippen LogP contribution is -2.40. The van der Waals surface area contributed by atoms with Crippen LogP contribution >= 0.6 is 11.6 Å². The maximum atomic E-state index is 13.6. The second kappa shape index (κ2) is 9.47. The van der Waals surface area contributed by atoms with Crippen molar-refractivity contribution in [3.63, 3.8) is 0 Å². The Morgan fingerprint density at radius 2 is 1.88 bits per heavy atom. The predicted molar refractivity (Wildman–Crippen MR) is 89.9 cm³/mol. The van der Waals surface area contributed by atoms with E-state index in [1.165, 1.54) is 6.07 Å². The fourth-order valence-corrected chi connectivity index (χ4v) is 3.05. The summed E-state index contributed by atoms with van der Waals surface area (Å²) in [6.45, 7) is 4.47. The SMILES string of the molecule is CC1CCC(NC(=O)Cc2c(F)cccc2Cl)CC1C.O=C(O)O. The Labute approximate surface area is 145 Å². The molecule has 1 saturated carbocycles. The van der Waals surface area contributed by atoms with Crippen molar-refractivity contribution in [1.29, 1.82) is 0 Å². The van der Waals surface area contributed by atoms with Gasteiger partial charge in [0.25, 0.3) is 0 Å². The topological polar surface area (TPSA) is 86.6 Å². The molecule has 1 aliphatic rings. The Morgan fingerprint density at radius 3 is 2.42 bits per heavy atom. The highest BCUT2D eigenvalue weighted by Gasteiger charge is 2.25. The zero-order chi connectivity index (χ0) is 18.3. The van der Waals surface area contributed by atoms with E-state index in [-0.39, 0.29) is 23.9 Å². The van der Waals surface area contributed by atoms with Gasteiger partial charge >= 0.3 is 6.16 Å². The molecule has 3 atom stereocenters. The third kappa shape index (κ3) is 6.74. The molecule has 24 heavy (non-hydrogen) atoms. The van der Waals surface area contributed by atoms with E-state index >= 15 is 0 Å². The van der Waals surface area contributed by atoms with Gasteiger partial charge in [0.1, 0.15) is 5.82 Å². The minimum absolute atomic E-state index is 0.00589. The summed E-state index contributed by atoms with van der Waals surface area (Å²) in [5.74, 6) is 0.761. The quantitative estimate of drug-likeness (QED) is 0.755. The zero-order valence-electron chi connectivity index (χ0n) is 13.8. The van der Waals surface area contributed by atoms with Gasteiger partial charge in [-0.15, -0.1) is 0 Å². The highest BCUT2D eigenvalue weighted by Crippen LogP contribution is 2.29. The molecule has 0 spiro atoms. The fraction of sp³-hybridized carbons (Fsp3) is 0.529. The lowest BCUT2D eigenvalue weighted by atomic mass is 9.79. The molecule has 0 saturated heterocycles. The number of amides is 1. The molecule has 3 N–H and O–H groups in total. The van der Waals surface area contributed by atoms with E-state index in [2.05, 4.69) is 19.2 Å². The third-order valence-electron chi connectivity index (χ3n) is 4.36. The van der Waals surface area contributed by atoms with Gasteiger partial charge in [0.2, 0.25) is 5.91 Å². The Hall–Kier alpha value is -1.82. The van der Waals surface area contributed by atoms with Crippen molar-refractivity contribution in [3.05, 3.63) is 34.6 Å². The van der Waals surface area contributed by atoms with Gasteiger partial charge in [-0.2, -0.15) is 0 Å². The van der Waals surface area contributed by atoms with Gasteiger partial charge in [-0.05, 0) is 43.2 Å². The molecule has 134 valence electrons. The molecule has 0 heterocycles.